The molecule has 3 nitrogen and oxygen atoms in total. The molecule has 0 aliphatic carbocycles. The second kappa shape index (κ2) is 5.41. The van der Waals surface area contributed by atoms with E-state index < -0.39 is 6.10 Å². The van der Waals surface area contributed by atoms with E-state index in [-0.39, 0.29) is 5.54 Å². The molecule has 0 aliphatic heterocycles. The average Bonchev–Trinajstić information content (AvgIpc) is 2.38. The lowest BCUT2D eigenvalue weighted by molar-refractivity contribution is 0.220. The molecule has 1 aromatic carbocycles. The molecule has 0 spiro atoms. The number of aromatic nitrogens is 1. The van der Waals surface area contributed by atoms with Crippen LogP contribution in [0.1, 0.15) is 38.0 Å². The van der Waals surface area contributed by atoms with Crippen LogP contribution < -0.4 is 5.32 Å². The van der Waals surface area contributed by atoms with Crippen LogP contribution in [0.4, 0.5) is 5.82 Å². The van der Waals surface area contributed by atoms with Crippen LogP contribution in [-0.2, 0) is 0 Å². The number of aliphatic hydroxyl groups is 1. The van der Waals surface area contributed by atoms with Crippen molar-refractivity contribution in [1.29, 1.82) is 0 Å². The Labute approximate surface area is 114 Å². The number of hydrogen-bond donors (Lipinski definition) is 2. The number of nitrogens with zero attached hydrogens (tertiary/aromatic N) is 1. The molecule has 0 saturated carbocycles. The van der Waals surface area contributed by atoms with Crippen LogP contribution in [0.3, 0.4) is 0 Å². The van der Waals surface area contributed by atoms with Crippen LogP contribution in [0.5, 0.6) is 0 Å². The summed E-state index contributed by atoms with van der Waals surface area (Å²) in [5, 5.41) is 13.5. The van der Waals surface area contributed by atoms with Gasteiger partial charge in [-0.05, 0) is 32.4 Å². The van der Waals surface area contributed by atoms with E-state index in [4.69, 9.17) is 0 Å². The molecule has 0 amide bonds. The van der Waals surface area contributed by atoms with Gasteiger partial charge in [0.05, 0.1) is 0 Å². The van der Waals surface area contributed by atoms with E-state index in [1.807, 2.05) is 42.5 Å². The lowest BCUT2D eigenvalue weighted by Crippen LogP contribution is -2.26. The maximum Gasteiger partial charge on any atom is 0.126 e. The van der Waals surface area contributed by atoms with E-state index in [9.17, 15) is 5.11 Å². The van der Waals surface area contributed by atoms with E-state index >= 15 is 0 Å². The molecule has 0 fully saturated rings. The first-order chi connectivity index (χ1) is 8.96. The number of pyridine rings is 1. The summed E-state index contributed by atoms with van der Waals surface area (Å²) in [5.41, 5.74) is 1.65. The molecule has 1 atom stereocenters. The van der Waals surface area contributed by atoms with E-state index in [2.05, 4.69) is 31.1 Å². The molecule has 1 heterocycles. The highest BCUT2D eigenvalue weighted by Gasteiger charge is 2.12. The van der Waals surface area contributed by atoms with Crippen LogP contribution in [-0.4, -0.2) is 15.6 Å². The third-order valence-corrected chi connectivity index (χ3v) is 2.72. The van der Waals surface area contributed by atoms with Gasteiger partial charge in [-0.1, -0.05) is 36.4 Å². The van der Waals surface area contributed by atoms with Crippen molar-refractivity contribution in [3.63, 3.8) is 0 Å². The normalized spacial score (nSPS) is 13.1. The summed E-state index contributed by atoms with van der Waals surface area (Å²) in [6, 6.07) is 13.4. The average molecular weight is 256 g/mol. The van der Waals surface area contributed by atoms with Crippen LogP contribution in [0, 0.1) is 0 Å². The van der Waals surface area contributed by atoms with Gasteiger partial charge < -0.3 is 10.4 Å². The highest BCUT2D eigenvalue weighted by molar-refractivity contribution is 5.39. The highest BCUT2D eigenvalue weighted by Crippen LogP contribution is 2.22. The Bertz CT molecular complexity index is 515. The number of hydrogen-bond acceptors (Lipinski definition) is 3. The molecule has 0 aliphatic rings. The summed E-state index contributed by atoms with van der Waals surface area (Å²) in [4.78, 5) is 4.34. The van der Waals surface area contributed by atoms with E-state index in [0.717, 1.165) is 16.9 Å². The molecule has 1 aromatic heterocycles. The standard InChI is InChI=1S/C16H20N2O/c1-16(2,3)18-14-10-9-13(11-17-14)15(19)12-7-5-4-6-8-12/h4-11,15,19H,1-3H3,(H,17,18)/t15-/m1/s1. The molecular weight excluding hydrogens is 236 g/mol. The second-order valence-corrected chi connectivity index (χ2v) is 5.66. The van der Waals surface area contributed by atoms with Crippen molar-refractivity contribution in [3.05, 3.63) is 59.8 Å². The largest absolute Gasteiger partial charge is 0.384 e. The fraction of sp³-hybridized carbons (Fsp3) is 0.312. The lowest BCUT2D eigenvalue weighted by Gasteiger charge is -2.21. The highest BCUT2D eigenvalue weighted by atomic mass is 16.3. The molecule has 2 N–H and O–H groups in total. The van der Waals surface area contributed by atoms with Crippen molar-refractivity contribution >= 4 is 5.82 Å². The molecule has 100 valence electrons. The maximum absolute atomic E-state index is 10.3. The number of rotatable bonds is 3. The van der Waals surface area contributed by atoms with Crippen LogP contribution >= 0.6 is 0 Å². The predicted octanol–water partition coefficient (Wildman–Crippen LogP) is 3.37. The molecule has 0 unspecified atom stereocenters. The molecular formula is C16H20N2O. The topological polar surface area (TPSA) is 45.1 Å². The smallest absolute Gasteiger partial charge is 0.126 e. The minimum Gasteiger partial charge on any atom is -0.384 e. The van der Waals surface area contributed by atoms with Gasteiger partial charge in [-0.3, -0.25) is 0 Å². The van der Waals surface area contributed by atoms with Gasteiger partial charge in [0.2, 0.25) is 0 Å². The Morgan fingerprint density at radius 3 is 2.21 bits per heavy atom. The van der Waals surface area contributed by atoms with Crippen molar-refractivity contribution < 1.29 is 5.11 Å². The number of benzene rings is 1. The Morgan fingerprint density at radius 1 is 1.00 bits per heavy atom. The van der Waals surface area contributed by atoms with Crippen LogP contribution in [0.25, 0.3) is 0 Å². The zero-order valence-corrected chi connectivity index (χ0v) is 11.6. The van der Waals surface area contributed by atoms with Gasteiger partial charge in [0.1, 0.15) is 11.9 Å². The van der Waals surface area contributed by atoms with Gasteiger partial charge in [0, 0.05) is 17.3 Å². The number of anilines is 1. The van der Waals surface area contributed by atoms with E-state index in [1.54, 1.807) is 6.20 Å². The first-order valence-corrected chi connectivity index (χ1v) is 6.43. The summed E-state index contributed by atoms with van der Waals surface area (Å²) in [6.45, 7) is 6.25. The first-order valence-electron chi connectivity index (χ1n) is 6.43. The van der Waals surface area contributed by atoms with Gasteiger partial charge in [-0.25, -0.2) is 4.98 Å². The summed E-state index contributed by atoms with van der Waals surface area (Å²) in [5.74, 6) is 0.816. The van der Waals surface area contributed by atoms with Gasteiger partial charge in [0.25, 0.3) is 0 Å². The predicted molar refractivity (Wildman–Crippen MR) is 78.1 cm³/mol. The molecule has 0 radical (unpaired) electrons. The maximum atomic E-state index is 10.3. The van der Waals surface area contributed by atoms with Crippen molar-refractivity contribution in [2.24, 2.45) is 0 Å². The van der Waals surface area contributed by atoms with Gasteiger partial charge in [-0.15, -0.1) is 0 Å². The molecule has 0 bridgehead atoms. The van der Waals surface area contributed by atoms with Gasteiger partial charge in [0.15, 0.2) is 0 Å². The Morgan fingerprint density at radius 2 is 1.68 bits per heavy atom. The molecule has 19 heavy (non-hydrogen) atoms. The zero-order chi connectivity index (χ0) is 13.9. The third-order valence-electron chi connectivity index (χ3n) is 2.72. The SMILES string of the molecule is CC(C)(C)Nc1ccc([C@H](O)c2ccccc2)cn1. The monoisotopic (exact) mass is 256 g/mol. The van der Waals surface area contributed by atoms with Gasteiger partial charge in [-0.2, -0.15) is 0 Å². The quantitative estimate of drug-likeness (QED) is 0.885. The number of aliphatic hydroxyl groups excluding tert-OH is 1. The van der Waals surface area contributed by atoms with Crippen molar-refractivity contribution in [2.45, 2.75) is 32.4 Å². The van der Waals surface area contributed by atoms with E-state index in [1.165, 1.54) is 0 Å². The second-order valence-electron chi connectivity index (χ2n) is 5.66. The summed E-state index contributed by atoms with van der Waals surface area (Å²) < 4.78 is 0. The minimum absolute atomic E-state index is 0.0213. The minimum atomic E-state index is -0.627. The zero-order valence-electron chi connectivity index (χ0n) is 11.6. The van der Waals surface area contributed by atoms with Crippen LogP contribution in [0.15, 0.2) is 48.7 Å². The van der Waals surface area contributed by atoms with E-state index in [0.29, 0.717) is 0 Å². The third kappa shape index (κ3) is 3.80. The molecule has 0 saturated heterocycles. The fourth-order valence-corrected chi connectivity index (χ4v) is 1.85. The van der Waals surface area contributed by atoms with Crippen molar-refractivity contribution in [3.8, 4) is 0 Å². The van der Waals surface area contributed by atoms with Crippen molar-refractivity contribution in [1.82, 2.24) is 4.98 Å². The lowest BCUT2D eigenvalue weighted by atomic mass is 10.0. The summed E-state index contributed by atoms with van der Waals surface area (Å²) >= 11 is 0. The molecule has 2 aromatic rings. The Balaban J connectivity index is 2.15. The Kier molecular flexibility index (Phi) is 3.86. The van der Waals surface area contributed by atoms with Crippen molar-refractivity contribution in [2.75, 3.05) is 5.32 Å². The number of nitrogens with one attached hydrogen (secondary N) is 1. The first kappa shape index (κ1) is 13.6. The fourth-order valence-electron chi connectivity index (χ4n) is 1.85. The van der Waals surface area contributed by atoms with Crippen LogP contribution in [0.2, 0.25) is 0 Å². The Hall–Kier alpha value is -1.87. The summed E-state index contributed by atoms with van der Waals surface area (Å²) in [6.07, 6.45) is 1.09. The molecule has 3 heteroatoms. The summed E-state index contributed by atoms with van der Waals surface area (Å²) in [7, 11) is 0. The molecule has 2 rings (SSSR count). The van der Waals surface area contributed by atoms with Gasteiger partial charge >= 0.3 is 0 Å².